The molecule has 7 nitrogen and oxygen atoms in total. The van der Waals surface area contributed by atoms with Crippen LogP contribution in [0.3, 0.4) is 0 Å². The number of hydrogen-bond acceptors (Lipinski definition) is 4. The number of aromatic amines is 1. The molecule has 1 aliphatic rings. The fraction of sp³-hybridized carbons (Fsp3) is 0.600. The number of piperidine rings is 1. The van der Waals surface area contributed by atoms with Gasteiger partial charge in [0, 0.05) is 26.3 Å². The zero-order valence-corrected chi connectivity index (χ0v) is 10.9. The molecule has 0 radical (unpaired) electrons. The third-order valence-corrected chi connectivity index (χ3v) is 4.94. The second-order valence-corrected chi connectivity index (χ2v) is 6.19. The molecule has 2 heterocycles. The van der Waals surface area contributed by atoms with Crippen molar-refractivity contribution < 1.29 is 13.2 Å². The monoisotopic (exact) mass is 272 g/mol. The summed E-state index contributed by atoms with van der Waals surface area (Å²) in [6.45, 7) is 0.675. The van der Waals surface area contributed by atoms with Gasteiger partial charge in [0.05, 0.1) is 12.1 Å². The van der Waals surface area contributed by atoms with E-state index in [0.717, 1.165) is 6.42 Å². The van der Waals surface area contributed by atoms with E-state index >= 15 is 0 Å². The third kappa shape index (κ3) is 2.39. The molecule has 0 aliphatic carbocycles. The van der Waals surface area contributed by atoms with Gasteiger partial charge in [-0.15, -0.1) is 0 Å². The van der Waals surface area contributed by atoms with Crippen LogP contribution in [0.2, 0.25) is 0 Å². The first-order valence-corrected chi connectivity index (χ1v) is 7.20. The highest BCUT2D eigenvalue weighted by molar-refractivity contribution is 7.89. The molecular formula is C10H16N4O3S. The van der Waals surface area contributed by atoms with Crippen molar-refractivity contribution in [3.8, 4) is 0 Å². The van der Waals surface area contributed by atoms with E-state index in [9.17, 15) is 13.2 Å². The number of carbonyl (C=O) groups excluding carboxylic acids is 1. The Kier molecular flexibility index (Phi) is 3.67. The lowest BCUT2D eigenvalue weighted by Gasteiger charge is -2.30. The summed E-state index contributed by atoms with van der Waals surface area (Å²) in [5.74, 6) is -0.382. The summed E-state index contributed by atoms with van der Waals surface area (Å²) in [5.41, 5.74) is 0. The Hall–Kier alpha value is -1.41. The fourth-order valence-electron chi connectivity index (χ4n) is 2.11. The molecule has 1 unspecified atom stereocenters. The van der Waals surface area contributed by atoms with Crippen molar-refractivity contribution in [2.75, 3.05) is 20.1 Å². The van der Waals surface area contributed by atoms with Gasteiger partial charge in [-0.25, -0.2) is 8.42 Å². The van der Waals surface area contributed by atoms with Crippen LogP contribution in [0.1, 0.15) is 12.8 Å². The average Bonchev–Trinajstić information content (AvgIpc) is 2.92. The largest absolute Gasteiger partial charge is 0.359 e. The summed E-state index contributed by atoms with van der Waals surface area (Å²) in [7, 11) is -1.97. The highest BCUT2D eigenvalue weighted by Crippen LogP contribution is 2.23. The number of nitrogens with zero attached hydrogens (tertiary/aromatic N) is 2. The number of aromatic nitrogens is 2. The van der Waals surface area contributed by atoms with Crippen molar-refractivity contribution in [3.05, 3.63) is 12.4 Å². The van der Waals surface area contributed by atoms with E-state index < -0.39 is 10.0 Å². The van der Waals surface area contributed by atoms with Gasteiger partial charge in [-0.3, -0.25) is 9.89 Å². The topological polar surface area (TPSA) is 95.2 Å². The molecule has 8 heteroatoms. The van der Waals surface area contributed by atoms with Crippen molar-refractivity contribution in [2.24, 2.45) is 5.92 Å². The first-order valence-electron chi connectivity index (χ1n) is 5.76. The van der Waals surface area contributed by atoms with Crippen LogP contribution in [-0.4, -0.2) is 49.0 Å². The maximum absolute atomic E-state index is 12.2. The van der Waals surface area contributed by atoms with Crippen molar-refractivity contribution in [2.45, 2.75) is 17.7 Å². The van der Waals surface area contributed by atoms with Gasteiger partial charge in [0.15, 0.2) is 0 Å². The predicted octanol–water partition coefficient (Wildman–Crippen LogP) is -0.444. The Morgan fingerprint density at radius 2 is 2.39 bits per heavy atom. The van der Waals surface area contributed by atoms with Gasteiger partial charge in [-0.1, -0.05) is 0 Å². The zero-order valence-electron chi connectivity index (χ0n) is 10.1. The molecule has 0 saturated carbocycles. The Bertz CT molecular complexity index is 511. The van der Waals surface area contributed by atoms with Gasteiger partial charge in [-0.2, -0.15) is 9.40 Å². The molecule has 2 rings (SSSR count). The molecule has 1 aromatic rings. The van der Waals surface area contributed by atoms with Gasteiger partial charge in [0.2, 0.25) is 15.9 Å². The average molecular weight is 272 g/mol. The van der Waals surface area contributed by atoms with Crippen LogP contribution in [0.25, 0.3) is 0 Å². The minimum Gasteiger partial charge on any atom is -0.359 e. The molecule has 1 atom stereocenters. The van der Waals surface area contributed by atoms with Crippen LogP contribution in [0.5, 0.6) is 0 Å². The molecule has 1 aromatic heterocycles. The highest BCUT2D eigenvalue weighted by atomic mass is 32.2. The second kappa shape index (κ2) is 5.07. The third-order valence-electron chi connectivity index (χ3n) is 3.11. The van der Waals surface area contributed by atoms with Crippen LogP contribution < -0.4 is 5.32 Å². The van der Waals surface area contributed by atoms with Gasteiger partial charge in [0.25, 0.3) is 0 Å². The Balaban J connectivity index is 2.17. The summed E-state index contributed by atoms with van der Waals surface area (Å²) in [6.07, 6.45) is 4.03. The lowest BCUT2D eigenvalue weighted by molar-refractivity contribution is -0.125. The van der Waals surface area contributed by atoms with Crippen molar-refractivity contribution >= 4 is 15.9 Å². The van der Waals surface area contributed by atoms with Gasteiger partial charge < -0.3 is 5.32 Å². The molecular weight excluding hydrogens is 256 g/mol. The van der Waals surface area contributed by atoms with Crippen LogP contribution in [0, 0.1) is 5.92 Å². The molecule has 0 bridgehead atoms. The minimum atomic E-state index is -3.53. The smallest absolute Gasteiger partial charge is 0.246 e. The predicted molar refractivity (Wildman–Crippen MR) is 64.1 cm³/mol. The van der Waals surface area contributed by atoms with Crippen LogP contribution in [0.15, 0.2) is 17.3 Å². The summed E-state index contributed by atoms with van der Waals surface area (Å²) in [6, 6.07) is 0. The van der Waals surface area contributed by atoms with Crippen LogP contribution in [0.4, 0.5) is 0 Å². The molecule has 100 valence electrons. The van der Waals surface area contributed by atoms with Gasteiger partial charge in [0.1, 0.15) is 4.90 Å². The van der Waals surface area contributed by atoms with E-state index in [1.165, 1.54) is 16.7 Å². The van der Waals surface area contributed by atoms with Crippen molar-refractivity contribution in [1.82, 2.24) is 19.8 Å². The number of H-pyrrole nitrogens is 1. The highest BCUT2D eigenvalue weighted by Gasteiger charge is 2.33. The van der Waals surface area contributed by atoms with E-state index in [0.29, 0.717) is 13.0 Å². The normalized spacial score (nSPS) is 21.7. The number of carbonyl (C=O) groups is 1. The van der Waals surface area contributed by atoms with E-state index in [2.05, 4.69) is 15.5 Å². The maximum atomic E-state index is 12.2. The first-order chi connectivity index (χ1) is 8.55. The molecule has 18 heavy (non-hydrogen) atoms. The first kappa shape index (κ1) is 13.0. The van der Waals surface area contributed by atoms with Crippen LogP contribution in [-0.2, 0) is 14.8 Å². The van der Waals surface area contributed by atoms with E-state index in [4.69, 9.17) is 0 Å². The minimum absolute atomic E-state index is 0.109. The number of amides is 1. The number of hydrogen-bond donors (Lipinski definition) is 2. The van der Waals surface area contributed by atoms with Crippen LogP contribution >= 0.6 is 0 Å². The number of nitrogens with one attached hydrogen (secondary N) is 2. The van der Waals surface area contributed by atoms with Crippen molar-refractivity contribution in [1.29, 1.82) is 0 Å². The summed E-state index contributed by atoms with van der Waals surface area (Å²) < 4.78 is 25.8. The lowest BCUT2D eigenvalue weighted by atomic mass is 9.99. The molecule has 1 aliphatic heterocycles. The van der Waals surface area contributed by atoms with E-state index in [1.54, 1.807) is 7.05 Å². The Labute approximate surface area is 106 Å². The SMILES string of the molecule is CNC(=O)C1CCCN(S(=O)(=O)c2cn[nH]c2)C1. The van der Waals surface area contributed by atoms with E-state index in [-0.39, 0.29) is 23.3 Å². The van der Waals surface area contributed by atoms with Crippen molar-refractivity contribution in [3.63, 3.8) is 0 Å². The molecule has 2 N–H and O–H groups in total. The summed E-state index contributed by atoms with van der Waals surface area (Å²) in [4.78, 5) is 11.7. The fourth-order valence-corrected chi connectivity index (χ4v) is 3.54. The van der Waals surface area contributed by atoms with Gasteiger partial charge >= 0.3 is 0 Å². The second-order valence-electron chi connectivity index (χ2n) is 4.25. The number of sulfonamides is 1. The molecule has 0 spiro atoms. The zero-order chi connectivity index (χ0) is 13.2. The standard InChI is InChI=1S/C10H16N4O3S/c1-11-10(15)8-3-2-4-14(7-8)18(16,17)9-5-12-13-6-9/h5-6,8H,2-4,7H2,1H3,(H,11,15)(H,12,13). The molecule has 1 fully saturated rings. The molecule has 0 aromatic carbocycles. The van der Waals surface area contributed by atoms with Gasteiger partial charge in [-0.05, 0) is 12.8 Å². The molecule has 1 saturated heterocycles. The quantitative estimate of drug-likeness (QED) is 0.779. The lowest BCUT2D eigenvalue weighted by Crippen LogP contribution is -2.44. The molecule has 1 amide bonds. The summed E-state index contributed by atoms with van der Waals surface area (Å²) in [5, 5.41) is 8.69. The maximum Gasteiger partial charge on any atom is 0.246 e. The summed E-state index contributed by atoms with van der Waals surface area (Å²) >= 11 is 0. The Morgan fingerprint density at radius 3 is 3.00 bits per heavy atom. The Morgan fingerprint density at radius 1 is 1.61 bits per heavy atom. The number of rotatable bonds is 3. The van der Waals surface area contributed by atoms with E-state index in [1.807, 2.05) is 0 Å².